The minimum Gasteiger partial charge on any atom is -0.369 e. The summed E-state index contributed by atoms with van der Waals surface area (Å²) in [7, 11) is 0. The van der Waals surface area contributed by atoms with E-state index in [1.165, 1.54) is 0 Å². The van der Waals surface area contributed by atoms with Gasteiger partial charge in [-0.1, -0.05) is 29.3 Å². The molecular weight excluding hydrogens is 301 g/mol. The van der Waals surface area contributed by atoms with E-state index in [0.717, 1.165) is 0 Å². The van der Waals surface area contributed by atoms with Crippen LogP contribution in [0.1, 0.15) is 12.8 Å². The number of halogens is 2. The monoisotopic (exact) mass is 315 g/mol. The van der Waals surface area contributed by atoms with Crippen LogP contribution in [0.2, 0.25) is 10.0 Å². The van der Waals surface area contributed by atoms with Gasteiger partial charge in [-0.2, -0.15) is 0 Å². The Morgan fingerprint density at radius 2 is 1.90 bits per heavy atom. The lowest BCUT2D eigenvalue weighted by Gasteiger charge is -2.30. The van der Waals surface area contributed by atoms with Gasteiger partial charge in [0.1, 0.15) is 0 Å². The molecule has 5 nitrogen and oxygen atoms in total. The van der Waals surface area contributed by atoms with Gasteiger partial charge < -0.3 is 16.0 Å². The van der Waals surface area contributed by atoms with Gasteiger partial charge in [0.2, 0.25) is 5.91 Å². The molecule has 3 N–H and O–H groups in total. The first-order valence-electron chi connectivity index (χ1n) is 6.28. The normalized spacial score (nSPS) is 16.0. The molecule has 0 bridgehead atoms. The number of carbonyl (C=O) groups excluding carboxylic acids is 2. The molecule has 3 amide bonds. The quantitative estimate of drug-likeness (QED) is 0.880. The molecule has 7 heteroatoms. The molecule has 0 saturated carbocycles. The number of anilines is 1. The number of hydrogen-bond acceptors (Lipinski definition) is 2. The minimum absolute atomic E-state index is 0.145. The SMILES string of the molecule is NC(=O)C1CCN(C(=O)Nc2cccc(Cl)c2Cl)CC1. The highest BCUT2D eigenvalue weighted by Gasteiger charge is 2.26. The van der Waals surface area contributed by atoms with E-state index >= 15 is 0 Å². The van der Waals surface area contributed by atoms with Crippen molar-refractivity contribution >= 4 is 40.8 Å². The minimum atomic E-state index is -0.303. The van der Waals surface area contributed by atoms with Crippen molar-refractivity contribution in [2.24, 2.45) is 11.7 Å². The van der Waals surface area contributed by atoms with Gasteiger partial charge in [0.15, 0.2) is 0 Å². The molecular formula is C13H15Cl2N3O2. The van der Waals surface area contributed by atoms with E-state index in [2.05, 4.69) is 5.32 Å². The molecule has 0 radical (unpaired) electrons. The van der Waals surface area contributed by atoms with Crippen molar-refractivity contribution in [3.05, 3.63) is 28.2 Å². The van der Waals surface area contributed by atoms with Gasteiger partial charge in [0.25, 0.3) is 0 Å². The smallest absolute Gasteiger partial charge is 0.321 e. The molecule has 2 rings (SSSR count). The van der Waals surface area contributed by atoms with Gasteiger partial charge in [-0.05, 0) is 25.0 Å². The first kappa shape index (κ1) is 14.9. The van der Waals surface area contributed by atoms with Gasteiger partial charge in [-0.3, -0.25) is 4.79 Å². The van der Waals surface area contributed by atoms with Crippen molar-refractivity contribution in [2.75, 3.05) is 18.4 Å². The van der Waals surface area contributed by atoms with Crippen LogP contribution >= 0.6 is 23.2 Å². The molecule has 108 valence electrons. The van der Waals surface area contributed by atoms with Gasteiger partial charge in [-0.15, -0.1) is 0 Å². The average Bonchev–Trinajstić information content (AvgIpc) is 2.44. The zero-order valence-electron chi connectivity index (χ0n) is 10.7. The van der Waals surface area contributed by atoms with Crippen LogP contribution in [0, 0.1) is 5.92 Å². The van der Waals surface area contributed by atoms with Crippen LogP contribution in [-0.4, -0.2) is 29.9 Å². The molecule has 0 aromatic heterocycles. The van der Waals surface area contributed by atoms with E-state index < -0.39 is 0 Å². The van der Waals surface area contributed by atoms with Crippen LogP contribution in [0.25, 0.3) is 0 Å². The molecule has 0 aliphatic carbocycles. The molecule has 1 heterocycles. The summed E-state index contributed by atoms with van der Waals surface area (Å²) < 4.78 is 0. The zero-order valence-corrected chi connectivity index (χ0v) is 12.2. The molecule has 0 unspecified atom stereocenters. The number of likely N-dealkylation sites (tertiary alicyclic amines) is 1. The Balaban J connectivity index is 1.96. The van der Waals surface area contributed by atoms with E-state index in [0.29, 0.717) is 41.7 Å². The van der Waals surface area contributed by atoms with Crippen LogP contribution in [0.5, 0.6) is 0 Å². The fraction of sp³-hybridized carbons (Fsp3) is 0.385. The lowest BCUT2D eigenvalue weighted by molar-refractivity contribution is -0.122. The van der Waals surface area contributed by atoms with E-state index in [1.807, 2.05) is 0 Å². The number of hydrogen-bond donors (Lipinski definition) is 2. The highest BCUT2D eigenvalue weighted by molar-refractivity contribution is 6.43. The van der Waals surface area contributed by atoms with Crippen molar-refractivity contribution in [3.8, 4) is 0 Å². The number of nitrogens with one attached hydrogen (secondary N) is 1. The van der Waals surface area contributed by atoms with Crippen LogP contribution in [0.15, 0.2) is 18.2 Å². The summed E-state index contributed by atoms with van der Waals surface area (Å²) >= 11 is 11.9. The summed E-state index contributed by atoms with van der Waals surface area (Å²) in [5.74, 6) is -0.447. The Kier molecular flexibility index (Phi) is 4.73. The number of amides is 3. The van der Waals surface area contributed by atoms with Gasteiger partial charge in [0.05, 0.1) is 15.7 Å². The second-order valence-electron chi connectivity index (χ2n) is 4.70. The maximum atomic E-state index is 12.1. The van der Waals surface area contributed by atoms with Crippen LogP contribution in [-0.2, 0) is 4.79 Å². The van der Waals surface area contributed by atoms with Crippen molar-refractivity contribution in [1.29, 1.82) is 0 Å². The Morgan fingerprint density at radius 3 is 2.50 bits per heavy atom. The predicted octanol–water partition coefficient (Wildman–Crippen LogP) is 2.72. The van der Waals surface area contributed by atoms with Crippen molar-refractivity contribution < 1.29 is 9.59 Å². The third kappa shape index (κ3) is 3.35. The molecule has 0 spiro atoms. The highest BCUT2D eigenvalue weighted by atomic mass is 35.5. The van der Waals surface area contributed by atoms with Gasteiger partial charge in [-0.25, -0.2) is 4.79 Å². The summed E-state index contributed by atoms with van der Waals surface area (Å²) in [6, 6.07) is 4.79. The molecule has 20 heavy (non-hydrogen) atoms. The Bertz CT molecular complexity index is 528. The van der Waals surface area contributed by atoms with Crippen molar-refractivity contribution in [3.63, 3.8) is 0 Å². The van der Waals surface area contributed by atoms with E-state index in [4.69, 9.17) is 28.9 Å². The number of nitrogens with zero attached hydrogens (tertiary/aromatic N) is 1. The zero-order chi connectivity index (χ0) is 14.7. The number of nitrogens with two attached hydrogens (primary N) is 1. The summed E-state index contributed by atoms with van der Waals surface area (Å²) in [6.45, 7) is 0.995. The lowest BCUT2D eigenvalue weighted by Crippen LogP contribution is -2.43. The van der Waals surface area contributed by atoms with E-state index in [-0.39, 0.29) is 17.9 Å². The predicted molar refractivity (Wildman–Crippen MR) is 79.0 cm³/mol. The Morgan fingerprint density at radius 1 is 1.25 bits per heavy atom. The number of primary amides is 1. The summed E-state index contributed by atoms with van der Waals surface area (Å²) in [4.78, 5) is 24.8. The Hall–Kier alpha value is -1.46. The number of piperidine rings is 1. The van der Waals surface area contributed by atoms with Crippen molar-refractivity contribution in [1.82, 2.24) is 4.90 Å². The third-order valence-electron chi connectivity index (χ3n) is 3.38. The molecule has 1 saturated heterocycles. The van der Waals surface area contributed by atoms with Gasteiger partial charge >= 0.3 is 6.03 Å². The van der Waals surface area contributed by atoms with Crippen LogP contribution in [0.3, 0.4) is 0 Å². The van der Waals surface area contributed by atoms with Gasteiger partial charge in [0, 0.05) is 19.0 Å². The average molecular weight is 316 g/mol. The summed E-state index contributed by atoms with van der Waals surface area (Å²) in [5, 5.41) is 3.42. The number of rotatable bonds is 2. The number of urea groups is 1. The molecule has 1 aliphatic rings. The largest absolute Gasteiger partial charge is 0.369 e. The summed E-state index contributed by atoms with van der Waals surface area (Å²) in [6.07, 6.45) is 1.18. The maximum Gasteiger partial charge on any atom is 0.321 e. The number of carbonyl (C=O) groups is 2. The van der Waals surface area contributed by atoms with E-state index in [9.17, 15) is 9.59 Å². The van der Waals surface area contributed by atoms with Crippen LogP contribution in [0.4, 0.5) is 10.5 Å². The first-order valence-corrected chi connectivity index (χ1v) is 7.04. The lowest BCUT2D eigenvalue weighted by atomic mass is 9.96. The molecule has 1 aliphatic heterocycles. The third-order valence-corrected chi connectivity index (χ3v) is 4.20. The summed E-state index contributed by atoms with van der Waals surface area (Å²) in [5.41, 5.74) is 5.73. The molecule has 0 atom stereocenters. The maximum absolute atomic E-state index is 12.1. The van der Waals surface area contributed by atoms with Crippen LogP contribution < -0.4 is 11.1 Å². The second kappa shape index (κ2) is 6.33. The fourth-order valence-corrected chi connectivity index (χ4v) is 2.51. The van der Waals surface area contributed by atoms with Crippen molar-refractivity contribution in [2.45, 2.75) is 12.8 Å². The second-order valence-corrected chi connectivity index (χ2v) is 5.48. The first-order chi connectivity index (χ1) is 9.49. The highest BCUT2D eigenvalue weighted by Crippen LogP contribution is 2.30. The fourth-order valence-electron chi connectivity index (χ4n) is 2.16. The topological polar surface area (TPSA) is 75.4 Å². The molecule has 1 fully saturated rings. The van der Waals surface area contributed by atoms with E-state index in [1.54, 1.807) is 23.1 Å². The number of benzene rings is 1. The molecule has 1 aromatic rings. The Labute approximate surface area is 127 Å². The standard InChI is InChI=1S/C13H15Cl2N3O2/c14-9-2-1-3-10(11(9)15)17-13(20)18-6-4-8(5-7-18)12(16)19/h1-3,8H,4-7H2,(H2,16,19)(H,17,20). The molecule has 1 aromatic carbocycles.